The normalized spacial score (nSPS) is 24.3. The van der Waals surface area contributed by atoms with Gasteiger partial charge in [-0.3, -0.25) is 4.98 Å². The van der Waals surface area contributed by atoms with Crippen LogP contribution in [0.1, 0.15) is 42.9 Å². The van der Waals surface area contributed by atoms with Gasteiger partial charge in [0.25, 0.3) is 0 Å². The molecule has 1 aliphatic rings. The fourth-order valence-electron chi connectivity index (χ4n) is 2.98. The van der Waals surface area contributed by atoms with Crippen LogP contribution in [0.2, 0.25) is 0 Å². The molecule has 1 fully saturated rings. The highest BCUT2D eigenvalue weighted by Gasteiger charge is 2.24. The highest BCUT2D eigenvalue weighted by atomic mass is 16.3. The Labute approximate surface area is 108 Å². The van der Waals surface area contributed by atoms with Crippen LogP contribution in [0.15, 0.2) is 30.3 Å². The zero-order valence-electron chi connectivity index (χ0n) is 10.8. The summed E-state index contributed by atoms with van der Waals surface area (Å²) in [6.45, 7) is 2.01. The maximum Gasteiger partial charge on any atom is 0.0705 e. The van der Waals surface area contributed by atoms with Crippen molar-refractivity contribution in [2.45, 2.75) is 44.6 Å². The zero-order chi connectivity index (χ0) is 12.5. The molecule has 18 heavy (non-hydrogen) atoms. The molecule has 0 spiro atoms. The summed E-state index contributed by atoms with van der Waals surface area (Å²) in [5, 5.41) is 11.3. The molecule has 0 amide bonds. The summed E-state index contributed by atoms with van der Waals surface area (Å²) in [6.07, 6.45) is 4.26. The predicted molar refractivity (Wildman–Crippen MR) is 73.7 cm³/mol. The van der Waals surface area contributed by atoms with Gasteiger partial charge in [-0.25, -0.2) is 0 Å². The largest absolute Gasteiger partial charge is 0.392 e. The molecule has 1 N–H and O–H groups in total. The Balaban J connectivity index is 1.99. The number of hydrogen-bond donors (Lipinski definition) is 1. The minimum absolute atomic E-state index is 0.172. The van der Waals surface area contributed by atoms with Crippen molar-refractivity contribution < 1.29 is 5.11 Å². The third-order valence-corrected chi connectivity index (χ3v) is 4.01. The number of nitrogens with zero attached hydrogens (tertiary/aromatic N) is 1. The fourth-order valence-corrected chi connectivity index (χ4v) is 2.98. The van der Waals surface area contributed by atoms with Crippen molar-refractivity contribution in [2.24, 2.45) is 0 Å². The molecule has 0 bridgehead atoms. The standard InChI is InChI=1S/C16H19NO/c1-11-6-7-13-10-12(8-9-15(13)17-11)14-4-2-3-5-16(14)18/h6-10,14,16,18H,2-5H2,1H3. The van der Waals surface area contributed by atoms with Gasteiger partial charge in [0.1, 0.15) is 0 Å². The van der Waals surface area contributed by atoms with Crippen LogP contribution < -0.4 is 0 Å². The van der Waals surface area contributed by atoms with Gasteiger partial charge in [0.05, 0.1) is 11.6 Å². The average molecular weight is 241 g/mol. The molecule has 1 heterocycles. The molecule has 2 heteroatoms. The number of aryl methyl sites for hydroxylation is 1. The molecule has 2 unspecified atom stereocenters. The Morgan fingerprint density at radius 1 is 1.11 bits per heavy atom. The molecule has 1 saturated carbocycles. The van der Waals surface area contributed by atoms with Crippen LogP contribution in [0.25, 0.3) is 10.9 Å². The van der Waals surface area contributed by atoms with Gasteiger partial charge in [0, 0.05) is 17.0 Å². The third kappa shape index (κ3) is 2.13. The lowest BCUT2D eigenvalue weighted by molar-refractivity contribution is 0.106. The second-order valence-electron chi connectivity index (χ2n) is 5.36. The van der Waals surface area contributed by atoms with Crippen molar-refractivity contribution in [3.63, 3.8) is 0 Å². The molecule has 0 radical (unpaired) electrons. The maximum atomic E-state index is 10.1. The van der Waals surface area contributed by atoms with E-state index in [4.69, 9.17) is 0 Å². The predicted octanol–water partition coefficient (Wildman–Crippen LogP) is 3.56. The van der Waals surface area contributed by atoms with E-state index in [-0.39, 0.29) is 6.10 Å². The van der Waals surface area contributed by atoms with E-state index in [9.17, 15) is 5.11 Å². The SMILES string of the molecule is Cc1ccc2cc(C3CCCCC3O)ccc2n1. The number of hydrogen-bond acceptors (Lipinski definition) is 2. The minimum atomic E-state index is -0.172. The van der Waals surface area contributed by atoms with Gasteiger partial charge < -0.3 is 5.11 Å². The van der Waals surface area contributed by atoms with Crippen LogP contribution in [0.4, 0.5) is 0 Å². The monoisotopic (exact) mass is 241 g/mol. The van der Waals surface area contributed by atoms with Crippen LogP contribution in [-0.2, 0) is 0 Å². The van der Waals surface area contributed by atoms with E-state index in [0.717, 1.165) is 30.5 Å². The molecular formula is C16H19NO. The highest BCUT2D eigenvalue weighted by Crippen LogP contribution is 2.34. The topological polar surface area (TPSA) is 33.1 Å². The molecule has 1 aromatic carbocycles. The quantitative estimate of drug-likeness (QED) is 0.828. The van der Waals surface area contributed by atoms with Gasteiger partial charge in [-0.05, 0) is 43.5 Å². The lowest BCUT2D eigenvalue weighted by Crippen LogP contribution is -2.22. The van der Waals surface area contributed by atoms with Gasteiger partial charge in [-0.2, -0.15) is 0 Å². The summed E-state index contributed by atoms with van der Waals surface area (Å²) >= 11 is 0. The summed E-state index contributed by atoms with van der Waals surface area (Å²) in [7, 11) is 0. The lowest BCUT2D eigenvalue weighted by Gasteiger charge is -2.28. The van der Waals surface area contributed by atoms with Crippen LogP contribution in [0, 0.1) is 6.92 Å². The Hall–Kier alpha value is -1.41. The first-order valence-corrected chi connectivity index (χ1v) is 6.79. The Morgan fingerprint density at radius 3 is 2.78 bits per heavy atom. The van der Waals surface area contributed by atoms with E-state index >= 15 is 0 Å². The van der Waals surface area contributed by atoms with E-state index in [1.807, 2.05) is 13.0 Å². The van der Waals surface area contributed by atoms with Gasteiger partial charge in [0.2, 0.25) is 0 Å². The van der Waals surface area contributed by atoms with E-state index in [0.29, 0.717) is 5.92 Å². The summed E-state index contributed by atoms with van der Waals surface area (Å²) in [5.74, 6) is 0.310. The van der Waals surface area contributed by atoms with Crippen molar-refractivity contribution in [1.82, 2.24) is 4.98 Å². The lowest BCUT2D eigenvalue weighted by atomic mass is 9.81. The molecule has 1 aromatic heterocycles. The summed E-state index contributed by atoms with van der Waals surface area (Å²) in [5.41, 5.74) is 3.36. The molecular weight excluding hydrogens is 222 g/mol. The Kier molecular flexibility index (Phi) is 3.04. The molecule has 2 nitrogen and oxygen atoms in total. The highest BCUT2D eigenvalue weighted by molar-refractivity contribution is 5.79. The number of fused-ring (bicyclic) bond motifs is 1. The molecule has 3 rings (SSSR count). The van der Waals surface area contributed by atoms with Crippen LogP contribution in [0.5, 0.6) is 0 Å². The van der Waals surface area contributed by atoms with Crippen molar-refractivity contribution in [3.05, 3.63) is 41.6 Å². The van der Waals surface area contributed by atoms with Crippen molar-refractivity contribution in [1.29, 1.82) is 0 Å². The van der Waals surface area contributed by atoms with Crippen LogP contribution in [-0.4, -0.2) is 16.2 Å². The first kappa shape index (κ1) is 11.7. The van der Waals surface area contributed by atoms with Crippen molar-refractivity contribution >= 4 is 10.9 Å². The number of aromatic nitrogens is 1. The number of pyridine rings is 1. The third-order valence-electron chi connectivity index (χ3n) is 4.01. The number of aliphatic hydroxyl groups is 1. The van der Waals surface area contributed by atoms with Crippen LogP contribution >= 0.6 is 0 Å². The Morgan fingerprint density at radius 2 is 1.94 bits per heavy atom. The van der Waals surface area contributed by atoms with Gasteiger partial charge in [-0.15, -0.1) is 0 Å². The number of aliphatic hydroxyl groups excluding tert-OH is 1. The zero-order valence-corrected chi connectivity index (χ0v) is 10.8. The molecule has 0 saturated heterocycles. The second kappa shape index (κ2) is 4.69. The molecule has 0 aliphatic heterocycles. The van der Waals surface area contributed by atoms with Gasteiger partial charge in [0.15, 0.2) is 0 Å². The number of rotatable bonds is 1. The van der Waals surface area contributed by atoms with Crippen molar-refractivity contribution in [2.75, 3.05) is 0 Å². The molecule has 1 aliphatic carbocycles. The smallest absolute Gasteiger partial charge is 0.0705 e. The first-order chi connectivity index (χ1) is 8.74. The van der Waals surface area contributed by atoms with Gasteiger partial charge in [-0.1, -0.05) is 25.0 Å². The average Bonchev–Trinajstić information content (AvgIpc) is 2.39. The summed E-state index contributed by atoms with van der Waals surface area (Å²) in [6, 6.07) is 10.6. The molecule has 2 atom stereocenters. The van der Waals surface area contributed by atoms with E-state index in [2.05, 4.69) is 29.2 Å². The second-order valence-corrected chi connectivity index (χ2v) is 5.36. The minimum Gasteiger partial charge on any atom is -0.392 e. The Bertz CT molecular complexity index is 564. The maximum absolute atomic E-state index is 10.1. The summed E-state index contributed by atoms with van der Waals surface area (Å²) in [4.78, 5) is 4.52. The fraction of sp³-hybridized carbons (Fsp3) is 0.438. The van der Waals surface area contributed by atoms with Gasteiger partial charge >= 0.3 is 0 Å². The molecule has 2 aromatic rings. The van der Waals surface area contributed by atoms with Crippen molar-refractivity contribution in [3.8, 4) is 0 Å². The first-order valence-electron chi connectivity index (χ1n) is 6.79. The number of benzene rings is 1. The van der Waals surface area contributed by atoms with E-state index < -0.39 is 0 Å². The summed E-state index contributed by atoms with van der Waals surface area (Å²) < 4.78 is 0. The molecule has 94 valence electrons. The van der Waals surface area contributed by atoms with E-state index in [1.54, 1.807) is 0 Å². The van der Waals surface area contributed by atoms with Crippen LogP contribution in [0.3, 0.4) is 0 Å². The van der Waals surface area contributed by atoms with E-state index in [1.165, 1.54) is 17.4 Å².